The van der Waals surface area contributed by atoms with Crippen LogP contribution >= 0.6 is 11.6 Å². The summed E-state index contributed by atoms with van der Waals surface area (Å²) in [5.41, 5.74) is 1.27. The van der Waals surface area contributed by atoms with Crippen LogP contribution in [0.4, 0.5) is 13.2 Å². The molecule has 0 N–H and O–H groups in total. The van der Waals surface area contributed by atoms with Crippen molar-refractivity contribution in [3.63, 3.8) is 0 Å². The van der Waals surface area contributed by atoms with Gasteiger partial charge >= 0.3 is 6.18 Å². The van der Waals surface area contributed by atoms with Gasteiger partial charge in [-0.2, -0.15) is 23.0 Å². The lowest BCUT2D eigenvalue weighted by molar-refractivity contribution is -0.141. The third-order valence-corrected chi connectivity index (χ3v) is 6.14. The molecule has 6 nitrogen and oxygen atoms in total. The molecule has 192 valence electrons. The first-order valence-corrected chi connectivity index (χ1v) is 11.8. The molecule has 0 bridgehead atoms. The molecule has 0 aliphatic rings. The zero-order valence-corrected chi connectivity index (χ0v) is 21.0. The Kier molecular flexibility index (Phi) is 6.77. The molecular weight excluding hydrogens is 517 g/mol. The van der Waals surface area contributed by atoms with E-state index in [-0.39, 0.29) is 16.7 Å². The van der Waals surface area contributed by atoms with Crippen molar-refractivity contribution in [2.45, 2.75) is 6.18 Å². The standard InChI is InChI=1S/C28H20ClF3N4O2/c1-37-20-12-6-10-18(14-20)25-24(29)26(19-11-7-13-21(15-19)38-2)36(35-25)27-33-22(17-8-4-3-5-9-17)16-23(34-27)28(30,31)32/h3-16H,1-2H3. The molecule has 0 saturated heterocycles. The third-order valence-electron chi connectivity index (χ3n) is 5.78. The molecule has 2 heterocycles. The predicted molar refractivity (Wildman–Crippen MR) is 139 cm³/mol. The van der Waals surface area contributed by atoms with Crippen LogP contribution in [0.5, 0.6) is 11.5 Å². The van der Waals surface area contributed by atoms with Crippen LogP contribution in [-0.4, -0.2) is 34.0 Å². The highest BCUT2D eigenvalue weighted by atomic mass is 35.5. The smallest absolute Gasteiger partial charge is 0.433 e. The van der Waals surface area contributed by atoms with Crippen molar-refractivity contribution < 1.29 is 22.6 Å². The molecule has 2 aromatic heterocycles. The van der Waals surface area contributed by atoms with E-state index in [1.807, 2.05) is 0 Å². The second-order valence-electron chi connectivity index (χ2n) is 8.19. The molecular formula is C28H20ClF3N4O2. The number of aromatic nitrogens is 4. The van der Waals surface area contributed by atoms with E-state index in [1.54, 1.807) is 78.9 Å². The molecule has 0 radical (unpaired) electrons. The van der Waals surface area contributed by atoms with Gasteiger partial charge in [0.05, 0.1) is 30.6 Å². The summed E-state index contributed by atoms with van der Waals surface area (Å²) in [5.74, 6) is 0.814. The van der Waals surface area contributed by atoms with Gasteiger partial charge in [0.1, 0.15) is 17.2 Å². The maximum Gasteiger partial charge on any atom is 0.433 e. The van der Waals surface area contributed by atoms with Crippen molar-refractivity contribution in [1.82, 2.24) is 19.7 Å². The molecule has 0 amide bonds. The van der Waals surface area contributed by atoms with E-state index in [2.05, 4.69) is 15.1 Å². The van der Waals surface area contributed by atoms with Crippen molar-refractivity contribution in [2.75, 3.05) is 14.2 Å². The molecule has 0 fully saturated rings. The van der Waals surface area contributed by atoms with Gasteiger partial charge in [0.25, 0.3) is 5.95 Å². The topological polar surface area (TPSA) is 62.1 Å². The van der Waals surface area contributed by atoms with E-state index in [4.69, 9.17) is 21.1 Å². The van der Waals surface area contributed by atoms with Gasteiger partial charge in [0.15, 0.2) is 5.69 Å². The average molecular weight is 537 g/mol. The minimum Gasteiger partial charge on any atom is -0.497 e. The van der Waals surface area contributed by atoms with Gasteiger partial charge in [-0.1, -0.05) is 66.2 Å². The number of ether oxygens (including phenoxy) is 2. The van der Waals surface area contributed by atoms with Crippen molar-refractivity contribution >= 4 is 11.6 Å². The SMILES string of the molecule is COc1cccc(-c2nn(-c3nc(-c4ccccc4)cc(C(F)(F)F)n3)c(-c3cccc(OC)c3)c2Cl)c1. The first-order valence-electron chi connectivity index (χ1n) is 11.4. The average Bonchev–Trinajstić information content (AvgIpc) is 3.29. The monoisotopic (exact) mass is 536 g/mol. The highest BCUT2D eigenvalue weighted by molar-refractivity contribution is 6.35. The second kappa shape index (κ2) is 10.2. The summed E-state index contributed by atoms with van der Waals surface area (Å²) in [6.07, 6.45) is -4.72. The molecule has 0 saturated carbocycles. The fraction of sp³-hybridized carbons (Fsp3) is 0.107. The van der Waals surface area contributed by atoms with Crippen LogP contribution in [0.1, 0.15) is 5.69 Å². The first kappa shape index (κ1) is 25.3. The molecule has 38 heavy (non-hydrogen) atoms. The van der Waals surface area contributed by atoms with Gasteiger partial charge in [-0.15, -0.1) is 0 Å². The van der Waals surface area contributed by atoms with Crippen LogP contribution in [0, 0.1) is 0 Å². The summed E-state index contributed by atoms with van der Waals surface area (Å²) < 4.78 is 53.8. The number of nitrogens with zero attached hydrogens (tertiary/aromatic N) is 4. The molecule has 10 heteroatoms. The number of halogens is 4. The maximum absolute atomic E-state index is 14.0. The number of hydrogen-bond donors (Lipinski definition) is 0. The normalized spacial score (nSPS) is 11.4. The van der Waals surface area contributed by atoms with Crippen LogP contribution in [-0.2, 0) is 6.18 Å². The predicted octanol–water partition coefficient (Wildman–Crippen LogP) is 7.35. The van der Waals surface area contributed by atoms with Crippen LogP contribution in [0.2, 0.25) is 5.02 Å². The van der Waals surface area contributed by atoms with Gasteiger partial charge in [0, 0.05) is 16.7 Å². The van der Waals surface area contributed by atoms with Crippen molar-refractivity contribution in [1.29, 1.82) is 0 Å². The van der Waals surface area contributed by atoms with Gasteiger partial charge in [-0.3, -0.25) is 0 Å². The summed E-state index contributed by atoms with van der Waals surface area (Å²) in [6, 6.07) is 23.5. The lowest BCUT2D eigenvalue weighted by Crippen LogP contribution is -2.14. The molecule has 5 rings (SSSR count). The minimum atomic E-state index is -4.72. The molecule has 0 aliphatic carbocycles. The fourth-order valence-corrected chi connectivity index (χ4v) is 4.29. The quantitative estimate of drug-likeness (QED) is 0.227. The fourth-order valence-electron chi connectivity index (χ4n) is 3.95. The molecule has 0 spiro atoms. The highest BCUT2D eigenvalue weighted by Crippen LogP contribution is 2.40. The van der Waals surface area contributed by atoms with Crippen molar-refractivity contribution in [3.8, 4) is 51.2 Å². The number of methoxy groups -OCH3 is 2. The van der Waals surface area contributed by atoms with Crippen LogP contribution in [0.3, 0.4) is 0 Å². The molecule has 0 unspecified atom stereocenters. The van der Waals surface area contributed by atoms with E-state index in [0.29, 0.717) is 39.6 Å². The second-order valence-corrected chi connectivity index (χ2v) is 8.57. The molecule has 3 aromatic carbocycles. The van der Waals surface area contributed by atoms with Crippen LogP contribution < -0.4 is 9.47 Å². The highest BCUT2D eigenvalue weighted by Gasteiger charge is 2.35. The largest absolute Gasteiger partial charge is 0.497 e. The Morgan fingerprint density at radius 3 is 1.97 bits per heavy atom. The maximum atomic E-state index is 14.0. The summed E-state index contributed by atoms with van der Waals surface area (Å²) >= 11 is 6.88. The summed E-state index contributed by atoms with van der Waals surface area (Å²) in [7, 11) is 3.05. The Labute approximate surface area is 221 Å². The minimum absolute atomic E-state index is 0.0917. The number of rotatable bonds is 6. The number of hydrogen-bond acceptors (Lipinski definition) is 5. The van der Waals surface area contributed by atoms with Crippen LogP contribution in [0.15, 0.2) is 84.9 Å². The summed E-state index contributed by atoms with van der Waals surface area (Å²) in [4.78, 5) is 8.33. The first-order chi connectivity index (χ1) is 18.3. The van der Waals surface area contributed by atoms with Gasteiger partial charge in [0.2, 0.25) is 0 Å². The number of benzene rings is 3. The van der Waals surface area contributed by atoms with Gasteiger partial charge in [-0.25, -0.2) is 9.97 Å². The Balaban J connectivity index is 1.80. The van der Waals surface area contributed by atoms with Crippen LogP contribution in [0.25, 0.3) is 39.7 Å². The zero-order valence-electron chi connectivity index (χ0n) is 20.2. The van der Waals surface area contributed by atoms with Gasteiger partial charge < -0.3 is 9.47 Å². The molecule has 5 aromatic rings. The van der Waals surface area contributed by atoms with E-state index in [9.17, 15) is 13.2 Å². The van der Waals surface area contributed by atoms with E-state index in [0.717, 1.165) is 6.07 Å². The Hall–Kier alpha value is -4.37. The lowest BCUT2D eigenvalue weighted by atomic mass is 10.1. The Morgan fingerprint density at radius 2 is 1.34 bits per heavy atom. The summed E-state index contributed by atoms with van der Waals surface area (Å²) in [5, 5.41) is 4.81. The number of alkyl halides is 3. The Morgan fingerprint density at radius 1 is 0.737 bits per heavy atom. The van der Waals surface area contributed by atoms with Gasteiger partial charge in [-0.05, 0) is 30.3 Å². The Bertz CT molecular complexity index is 1600. The lowest BCUT2D eigenvalue weighted by Gasteiger charge is -2.13. The van der Waals surface area contributed by atoms with E-state index in [1.165, 1.54) is 18.9 Å². The van der Waals surface area contributed by atoms with Crippen molar-refractivity contribution in [3.05, 3.63) is 95.6 Å². The zero-order chi connectivity index (χ0) is 26.9. The summed E-state index contributed by atoms with van der Waals surface area (Å²) in [6.45, 7) is 0. The third kappa shape index (κ3) is 4.92. The molecule has 0 aliphatic heterocycles. The van der Waals surface area contributed by atoms with Crippen molar-refractivity contribution in [2.24, 2.45) is 0 Å². The van der Waals surface area contributed by atoms with E-state index < -0.39 is 11.9 Å². The van der Waals surface area contributed by atoms with E-state index >= 15 is 0 Å². The molecule has 0 atom stereocenters.